The van der Waals surface area contributed by atoms with Gasteiger partial charge in [-0.15, -0.1) is 0 Å². The zero-order valence-electron chi connectivity index (χ0n) is 26.0. The van der Waals surface area contributed by atoms with Gasteiger partial charge in [0.25, 0.3) is 0 Å². The number of rotatable bonds is 17. The molecule has 0 amide bonds. The Hall–Kier alpha value is -1.64. The number of benzene rings is 2. The summed E-state index contributed by atoms with van der Waals surface area (Å²) in [6, 6.07) is 18.5. The molecular formula is C36H58O2. The van der Waals surface area contributed by atoms with Crippen molar-refractivity contribution in [3.8, 4) is 0 Å². The smallest absolute Gasteiger partial charge is 0.0431 e. The van der Waals surface area contributed by atoms with E-state index in [0.717, 1.165) is 25.7 Å². The molecule has 0 fully saturated rings. The molecule has 0 aliphatic rings. The molecule has 0 saturated heterocycles. The first-order chi connectivity index (χ1) is 17.7. The molecule has 2 N–H and O–H groups in total. The van der Waals surface area contributed by atoms with Crippen molar-refractivity contribution in [1.29, 1.82) is 0 Å². The SMILES string of the molecule is CC(C)(CCCO)c1ccc(C(C)(C)CCCCCCC(C)(C)c2ccc(C(C)(C)CCCO)cc2)cc1. The first-order valence-electron chi connectivity index (χ1n) is 15.2. The first-order valence-corrected chi connectivity index (χ1v) is 15.2. The lowest BCUT2D eigenvalue weighted by Gasteiger charge is -2.29. The molecule has 0 heterocycles. The highest BCUT2D eigenvalue weighted by Gasteiger charge is 2.25. The van der Waals surface area contributed by atoms with Crippen molar-refractivity contribution in [3.63, 3.8) is 0 Å². The van der Waals surface area contributed by atoms with Crippen LogP contribution in [0.4, 0.5) is 0 Å². The zero-order chi connectivity index (χ0) is 28.5. The summed E-state index contributed by atoms with van der Waals surface area (Å²) in [6.45, 7) is 19.2. The molecular weight excluding hydrogens is 464 g/mol. The Morgan fingerprint density at radius 2 is 0.579 bits per heavy atom. The van der Waals surface area contributed by atoms with Gasteiger partial charge in [0.1, 0.15) is 0 Å². The lowest BCUT2D eigenvalue weighted by molar-refractivity contribution is 0.268. The van der Waals surface area contributed by atoms with Crippen LogP contribution in [-0.4, -0.2) is 23.4 Å². The molecule has 0 aromatic heterocycles. The molecule has 0 atom stereocenters. The third kappa shape index (κ3) is 9.53. The number of unbranched alkanes of at least 4 members (excludes halogenated alkanes) is 3. The van der Waals surface area contributed by atoms with Crippen molar-refractivity contribution in [2.75, 3.05) is 13.2 Å². The fourth-order valence-corrected chi connectivity index (χ4v) is 5.85. The second-order valence-corrected chi connectivity index (χ2v) is 14.3. The van der Waals surface area contributed by atoms with Crippen LogP contribution >= 0.6 is 0 Å². The molecule has 0 spiro atoms. The Morgan fingerprint density at radius 1 is 0.368 bits per heavy atom. The second kappa shape index (κ2) is 14.1. The average molecular weight is 523 g/mol. The topological polar surface area (TPSA) is 40.5 Å². The summed E-state index contributed by atoms with van der Waals surface area (Å²) in [5, 5.41) is 18.4. The maximum Gasteiger partial charge on any atom is 0.0431 e. The van der Waals surface area contributed by atoms with Crippen molar-refractivity contribution in [2.45, 2.75) is 141 Å². The number of aliphatic hydroxyl groups excluding tert-OH is 2. The van der Waals surface area contributed by atoms with Gasteiger partial charge in [0, 0.05) is 13.2 Å². The van der Waals surface area contributed by atoms with Crippen LogP contribution < -0.4 is 0 Å². The monoisotopic (exact) mass is 522 g/mol. The van der Waals surface area contributed by atoms with Crippen molar-refractivity contribution in [2.24, 2.45) is 0 Å². The van der Waals surface area contributed by atoms with E-state index in [1.165, 1.54) is 60.8 Å². The van der Waals surface area contributed by atoms with Gasteiger partial charge in [-0.1, -0.05) is 130 Å². The summed E-state index contributed by atoms with van der Waals surface area (Å²) in [5.41, 5.74) is 6.21. The van der Waals surface area contributed by atoms with Crippen LogP contribution in [0.2, 0.25) is 0 Å². The van der Waals surface area contributed by atoms with E-state index in [1.54, 1.807) is 0 Å². The van der Waals surface area contributed by atoms with Gasteiger partial charge in [-0.3, -0.25) is 0 Å². The van der Waals surface area contributed by atoms with Crippen LogP contribution in [0.5, 0.6) is 0 Å². The van der Waals surface area contributed by atoms with E-state index in [4.69, 9.17) is 0 Å². The molecule has 214 valence electrons. The fourth-order valence-electron chi connectivity index (χ4n) is 5.85. The van der Waals surface area contributed by atoms with E-state index < -0.39 is 0 Å². The van der Waals surface area contributed by atoms with Gasteiger partial charge in [0.15, 0.2) is 0 Å². The highest BCUT2D eigenvalue weighted by molar-refractivity contribution is 5.33. The van der Waals surface area contributed by atoms with Crippen molar-refractivity contribution in [1.82, 2.24) is 0 Å². The molecule has 2 heteroatoms. The summed E-state index contributed by atoms with van der Waals surface area (Å²) in [6.07, 6.45) is 11.3. The molecule has 0 radical (unpaired) electrons. The Bertz CT molecular complexity index is 853. The molecule has 0 aliphatic carbocycles. The lowest BCUT2D eigenvalue weighted by Crippen LogP contribution is -2.20. The Morgan fingerprint density at radius 3 is 0.789 bits per heavy atom. The quantitative estimate of drug-likeness (QED) is 0.203. The van der Waals surface area contributed by atoms with Gasteiger partial charge >= 0.3 is 0 Å². The molecule has 0 unspecified atom stereocenters. The third-order valence-corrected chi connectivity index (χ3v) is 9.17. The van der Waals surface area contributed by atoms with Crippen LogP contribution in [0.25, 0.3) is 0 Å². The van der Waals surface area contributed by atoms with Crippen molar-refractivity contribution >= 4 is 0 Å². The van der Waals surface area contributed by atoms with Crippen LogP contribution in [0.15, 0.2) is 48.5 Å². The molecule has 2 aromatic carbocycles. The maximum atomic E-state index is 9.20. The number of hydrogen-bond acceptors (Lipinski definition) is 2. The molecule has 2 aromatic rings. The standard InChI is InChI=1S/C36H58O2/c1-33(2,29-15-19-31(20-16-29)35(5,6)25-13-27-37)23-11-9-10-12-24-34(3,4)30-17-21-32(22-18-30)36(7,8)26-14-28-38/h15-22,37-38H,9-14,23-28H2,1-8H3. The Labute approximate surface area is 235 Å². The summed E-state index contributed by atoms with van der Waals surface area (Å²) < 4.78 is 0. The van der Waals surface area contributed by atoms with Gasteiger partial charge in [-0.25, -0.2) is 0 Å². The number of hydrogen-bond donors (Lipinski definition) is 2. The molecule has 38 heavy (non-hydrogen) atoms. The average Bonchev–Trinajstić information content (AvgIpc) is 2.88. The Kier molecular flexibility index (Phi) is 12.1. The number of aliphatic hydroxyl groups is 2. The van der Waals surface area contributed by atoms with E-state index in [9.17, 15) is 10.2 Å². The second-order valence-electron chi connectivity index (χ2n) is 14.3. The lowest BCUT2D eigenvalue weighted by atomic mass is 9.76. The van der Waals surface area contributed by atoms with E-state index in [-0.39, 0.29) is 34.9 Å². The third-order valence-electron chi connectivity index (χ3n) is 9.17. The van der Waals surface area contributed by atoms with Gasteiger partial charge in [-0.05, 0) is 82.4 Å². The predicted molar refractivity (Wildman–Crippen MR) is 165 cm³/mol. The minimum atomic E-state index is 0.109. The first kappa shape index (κ1) is 32.6. The summed E-state index contributed by atoms with van der Waals surface area (Å²) in [7, 11) is 0. The molecule has 0 aliphatic heterocycles. The fraction of sp³-hybridized carbons (Fsp3) is 0.667. The molecule has 2 rings (SSSR count). The van der Waals surface area contributed by atoms with Gasteiger partial charge in [0.05, 0.1) is 0 Å². The van der Waals surface area contributed by atoms with Crippen LogP contribution in [0.1, 0.15) is 142 Å². The van der Waals surface area contributed by atoms with Gasteiger partial charge < -0.3 is 10.2 Å². The van der Waals surface area contributed by atoms with Gasteiger partial charge in [0.2, 0.25) is 0 Å². The van der Waals surface area contributed by atoms with Crippen LogP contribution in [0, 0.1) is 0 Å². The van der Waals surface area contributed by atoms with E-state index in [1.807, 2.05) is 0 Å². The summed E-state index contributed by atoms with van der Waals surface area (Å²) in [5.74, 6) is 0. The van der Waals surface area contributed by atoms with Crippen LogP contribution in [-0.2, 0) is 21.7 Å². The molecule has 0 saturated carbocycles. The Balaban J connectivity index is 1.80. The molecule has 0 bridgehead atoms. The summed E-state index contributed by atoms with van der Waals surface area (Å²) >= 11 is 0. The van der Waals surface area contributed by atoms with E-state index >= 15 is 0 Å². The zero-order valence-corrected chi connectivity index (χ0v) is 26.0. The molecule has 2 nitrogen and oxygen atoms in total. The largest absolute Gasteiger partial charge is 0.396 e. The minimum Gasteiger partial charge on any atom is -0.396 e. The normalized spacial score (nSPS) is 13.2. The van der Waals surface area contributed by atoms with E-state index in [0.29, 0.717) is 0 Å². The van der Waals surface area contributed by atoms with E-state index in [2.05, 4.69) is 104 Å². The predicted octanol–water partition coefficient (Wildman–Crippen LogP) is 9.38. The highest BCUT2D eigenvalue weighted by Crippen LogP contribution is 2.35. The minimum absolute atomic E-state index is 0.109. The van der Waals surface area contributed by atoms with Crippen LogP contribution in [0.3, 0.4) is 0 Å². The maximum absolute atomic E-state index is 9.20. The highest BCUT2D eigenvalue weighted by atomic mass is 16.3. The summed E-state index contributed by atoms with van der Waals surface area (Å²) in [4.78, 5) is 0. The van der Waals surface area contributed by atoms with Crippen molar-refractivity contribution < 1.29 is 10.2 Å². The van der Waals surface area contributed by atoms with Gasteiger partial charge in [-0.2, -0.15) is 0 Å². The van der Waals surface area contributed by atoms with Crippen molar-refractivity contribution in [3.05, 3.63) is 70.8 Å².